The number of thioether (sulfide) groups is 1. The molecule has 1 saturated heterocycles. The van der Waals surface area contributed by atoms with Crippen LogP contribution in [0.25, 0.3) is 11.1 Å². The lowest BCUT2D eigenvalue weighted by Gasteiger charge is -2.41. The topological polar surface area (TPSA) is 95.4 Å². The van der Waals surface area contributed by atoms with Gasteiger partial charge in [0.25, 0.3) is 0 Å². The van der Waals surface area contributed by atoms with E-state index in [0.29, 0.717) is 6.54 Å². The Morgan fingerprint density at radius 1 is 0.946 bits per heavy atom. The van der Waals surface area contributed by atoms with Gasteiger partial charge < -0.3 is 24.9 Å². The fourth-order valence-corrected chi connectivity index (χ4v) is 5.66. The lowest BCUT2D eigenvalue weighted by atomic mass is 9.91. The Hall–Kier alpha value is -3.01. The standard InChI is InChI=1S/C29H32N4O3S/c1-19-26(17-37-29-32-31-18-33(29)2)35-28(36-27(19)22-11-9-20(16-34)10-12-22)25-8-4-7-24(14-25)23-6-3-5-21(13-23)15-30/h3-14,18-19,26-28,34H,15-17,30H2,1-2H3. The van der Waals surface area contributed by atoms with E-state index >= 15 is 0 Å². The molecule has 1 fully saturated rings. The summed E-state index contributed by atoms with van der Waals surface area (Å²) in [5.74, 6) is 0.818. The van der Waals surface area contributed by atoms with Gasteiger partial charge in [-0.05, 0) is 39.9 Å². The van der Waals surface area contributed by atoms with Crippen LogP contribution in [-0.2, 0) is 29.7 Å². The highest BCUT2D eigenvalue weighted by Crippen LogP contribution is 2.43. The first kappa shape index (κ1) is 25.6. The minimum atomic E-state index is -0.526. The molecule has 0 aliphatic carbocycles. The maximum atomic E-state index is 9.49. The van der Waals surface area contributed by atoms with Crippen LogP contribution in [0.15, 0.2) is 84.3 Å². The van der Waals surface area contributed by atoms with Crippen molar-refractivity contribution in [2.75, 3.05) is 5.75 Å². The Bertz CT molecular complexity index is 1330. The maximum Gasteiger partial charge on any atom is 0.190 e. The maximum absolute atomic E-state index is 9.49. The molecule has 0 saturated carbocycles. The van der Waals surface area contributed by atoms with Crippen molar-refractivity contribution in [3.8, 4) is 11.1 Å². The van der Waals surface area contributed by atoms with Crippen LogP contribution in [0.5, 0.6) is 0 Å². The van der Waals surface area contributed by atoms with E-state index in [1.807, 2.05) is 54.1 Å². The molecule has 8 heteroatoms. The molecule has 0 bridgehead atoms. The largest absolute Gasteiger partial charge is 0.392 e. The fraction of sp³-hybridized carbons (Fsp3) is 0.310. The van der Waals surface area contributed by atoms with Crippen molar-refractivity contribution >= 4 is 11.8 Å². The van der Waals surface area contributed by atoms with E-state index in [1.54, 1.807) is 18.1 Å². The third-order valence-corrected chi connectivity index (χ3v) is 7.95. The highest BCUT2D eigenvalue weighted by molar-refractivity contribution is 7.99. The Morgan fingerprint density at radius 2 is 1.70 bits per heavy atom. The van der Waals surface area contributed by atoms with E-state index in [4.69, 9.17) is 15.2 Å². The summed E-state index contributed by atoms with van der Waals surface area (Å²) in [5.41, 5.74) is 12.1. The number of nitrogens with zero attached hydrogens (tertiary/aromatic N) is 3. The second-order valence-corrected chi connectivity index (χ2v) is 10.4. The second-order valence-electron chi connectivity index (χ2n) is 9.39. The molecule has 0 spiro atoms. The van der Waals surface area contributed by atoms with Gasteiger partial charge in [0, 0.05) is 30.8 Å². The van der Waals surface area contributed by atoms with Crippen LogP contribution >= 0.6 is 11.8 Å². The van der Waals surface area contributed by atoms with Gasteiger partial charge in [0.15, 0.2) is 11.4 Å². The van der Waals surface area contributed by atoms with Crippen LogP contribution in [0, 0.1) is 5.92 Å². The van der Waals surface area contributed by atoms with Gasteiger partial charge in [0.1, 0.15) is 6.33 Å². The Labute approximate surface area is 221 Å². The van der Waals surface area contributed by atoms with Crippen molar-refractivity contribution < 1.29 is 14.6 Å². The van der Waals surface area contributed by atoms with Crippen molar-refractivity contribution in [1.82, 2.24) is 14.8 Å². The van der Waals surface area contributed by atoms with E-state index in [1.165, 1.54) is 0 Å². The Morgan fingerprint density at radius 3 is 2.41 bits per heavy atom. The van der Waals surface area contributed by atoms with E-state index in [-0.39, 0.29) is 24.7 Å². The highest BCUT2D eigenvalue weighted by atomic mass is 32.2. The molecule has 4 atom stereocenters. The average molecular weight is 517 g/mol. The van der Waals surface area contributed by atoms with Crippen LogP contribution in [0.3, 0.4) is 0 Å². The Balaban J connectivity index is 1.44. The predicted molar refractivity (Wildman–Crippen MR) is 144 cm³/mol. The molecule has 4 unspecified atom stereocenters. The van der Waals surface area contributed by atoms with Gasteiger partial charge in [-0.2, -0.15) is 0 Å². The summed E-state index contributed by atoms with van der Waals surface area (Å²) in [6.45, 7) is 2.68. The summed E-state index contributed by atoms with van der Waals surface area (Å²) < 4.78 is 15.1. The van der Waals surface area contributed by atoms with Crippen molar-refractivity contribution in [3.05, 3.63) is 101 Å². The summed E-state index contributed by atoms with van der Waals surface area (Å²) in [7, 11) is 1.94. The molecule has 1 aromatic heterocycles. The SMILES string of the molecule is CC1C(CSc2nncn2C)OC(c2cccc(-c3cccc(CN)c3)c2)OC1c1ccc(CO)cc1. The molecule has 7 nitrogen and oxygen atoms in total. The minimum Gasteiger partial charge on any atom is -0.392 e. The number of ether oxygens (including phenoxy) is 2. The van der Waals surface area contributed by atoms with Gasteiger partial charge in [-0.3, -0.25) is 0 Å². The first-order valence-corrected chi connectivity index (χ1v) is 13.4. The smallest absolute Gasteiger partial charge is 0.190 e. The van der Waals surface area contributed by atoms with Gasteiger partial charge in [0.05, 0.1) is 18.8 Å². The number of rotatable bonds is 8. The molecule has 1 aliphatic heterocycles. The van der Waals surface area contributed by atoms with Crippen molar-refractivity contribution in [2.24, 2.45) is 18.7 Å². The molecule has 5 rings (SSSR count). The third-order valence-electron chi connectivity index (χ3n) is 6.82. The number of nitrogens with two attached hydrogens (primary N) is 1. The quantitative estimate of drug-likeness (QED) is 0.318. The van der Waals surface area contributed by atoms with Crippen LogP contribution < -0.4 is 5.73 Å². The predicted octanol–water partition coefficient (Wildman–Crippen LogP) is 5.02. The minimum absolute atomic E-state index is 0.0161. The van der Waals surface area contributed by atoms with Gasteiger partial charge >= 0.3 is 0 Å². The Kier molecular flexibility index (Phi) is 8.02. The summed E-state index contributed by atoms with van der Waals surface area (Å²) >= 11 is 1.63. The van der Waals surface area contributed by atoms with Crippen LogP contribution in [0.2, 0.25) is 0 Å². The van der Waals surface area contributed by atoms with E-state index in [2.05, 4.69) is 47.5 Å². The normalized spacial score (nSPS) is 21.7. The zero-order valence-electron chi connectivity index (χ0n) is 21.0. The van der Waals surface area contributed by atoms with Crippen molar-refractivity contribution in [3.63, 3.8) is 0 Å². The lowest BCUT2D eigenvalue weighted by Crippen LogP contribution is -2.38. The average Bonchev–Trinajstić information content (AvgIpc) is 3.37. The summed E-state index contributed by atoms with van der Waals surface area (Å²) in [6.07, 6.45) is 0.935. The number of aliphatic hydroxyl groups excluding tert-OH is 1. The van der Waals surface area contributed by atoms with Crippen LogP contribution in [0.4, 0.5) is 0 Å². The molecular weight excluding hydrogens is 484 g/mol. The summed E-state index contributed by atoms with van der Waals surface area (Å²) in [4.78, 5) is 0. The number of aliphatic hydroxyl groups is 1. The summed E-state index contributed by atoms with van der Waals surface area (Å²) in [6, 6.07) is 24.6. The molecule has 192 valence electrons. The van der Waals surface area contributed by atoms with Crippen LogP contribution in [0.1, 0.15) is 41.6 Å². The molecule has 0 radical (unpaired) electrons. The summed E-state index contributed by atoms with van der Waals surface area (Å²) in [5, 5.41) is 18.5. The van der Waals surface area contributed by atoms with Crippen molar-refractivity contribution in [1.29, 1.82) is 0 Å². The van der Waals surface area contributed by atoms with Gasteiger partial charge in [-0.25, -0.2) is 0 Å². The number of aryl methyl sites for hydroxylation is 1. The zero-order valence-corrected chi connectivity index (χ0v) is 21.8. The van der Waals surface area contributed by atoms with E-state index in [9.17, 15) is 5.11 Å². The molecule has 3 aromatic carbocycles. The first-order chi connectivity index (χ1) is 18.1. The molecule has 4 aromatic rings. The van der Waals surface area contributed by atoms with Gasteiger partial charge in [0.2, 0.25) is 0 Å². The van der Waals surface area contributed by atoms with Crippen molar-refractivity contribution in [2.45, 2.75) is 43.7 Å². The molecule has 37 heavy (non-hydrogen) atoms. The third kappa shape index (κ3) is 5.79. The zero-order chi connectivity index (χ0) is 25.8. The molecule has 1 aliphatic rings. The molecule has 0 amide bonds. The highest BCUT2D eigenvalue weighted by Gasteiger charge is 2.38. The van der Waals surface area contributed by atoms with Gasteiger partial charge in [-0.1, -0.05) is 79.3 Å². The number of benzene rings is 3. The number of aromatic nitrogens is 3. The first-order valence-electron chi connectivity index (χ1n) is 12.4. The monoisotopic (exact) mass is 516 g/mol. The van der Waals surface area contributed by atoms with Crippen LogP contribution in [-0.4, -0.2) is 31.7 Å². The fourth-order valence-electron chi connectivity index (χ4n) is 4.61. The van der Waals surface area contributed by atoms with E-state index < -0.39 is 6.29 Å². The lowest BCUT2D eigenvalue weighted by molar-refractivity contribution is -0.268. The van der Waals surface area contributed by atoms with E-state index in [0.717, 1.165) is 44.3 Å². The van der Waals surface area contributed by atoms with Gasteiger partial charge in [-0.15, -0.1) is 10.2 Å². The number of hydrogen-bond donors (Lipinski definition) is 2. The molecule has 2 heterocycles. The molecule has 3 N–H and O–H groups in total. The number of hydrogen-bond acceptors (Lipinski definition) is 7. The molecular formula is C29H32N4O3S. The second kappa shape index (κ2) is 11.6.